The highest BCUT2D eigenvalue weighted by atomic mass is 31.2. The van der Waals surface area contributed by atoms with E-state index < -0.39 is 24.3 Å². The number of hydrogen-bond acceptors (Lipinski definition) is 7. The highest BCUT2D eigenvalue weighted by Crippen LogP contribution is 2.54. The van der Waals surface area contributed by atoms with E-state index >= 15 is 0 Å². The van der Waals surface area contributed by atoms with Gasteiger partial charge in [0.25, 0.3) is 5.69 Å². The molecule has 0 bridgehead atoms. The molecule has 0 amide bonds. The maximum Gasteiger partial charge on any atom is 0.419 e. The highest BCUT2D eigenvalue weighted by molar-refractivity contribution is 7.54. The largest absolute Gasteiger partial charge is 0.448 e. The molecule has 0 aliphatic heterocycles. The van der Waals surface area contributed by atoms with Crippen LogP contribution in [0.3, 0.4) is 0 Å². The molecule has 0 aromatic heterocycles. The average Bonchev–Trinajstić information content (AvgIpc) is 2.47. The van der Waals surface area contributed by atoms with Gasteiger partial charge in [-0.25, -0.2) is 4.57 Å². The van der Waals surface area contributed by atoms with Crippen molar-refractivity contribution in [3.05, 3.63) is 34.4 Å². The summed E-state index contributed by atoms with van der Waals surface area (Å²) in [6.07, 6.45) is 0.919. The summed E-state index contributed by atoms with van der Waals surface area (Å²) >= 11 is 0. The van der Waals surface area contributed by atoms with E-state index in [9.17, 15) is 19.5 Å². The van der Waals surface area contributed by atoms with Crippen LogP contribution in [0.15, 0.2) is 24.3 Å². The van der Waals surface area contributed by atoms with E-state index in [-0.39, 0.29) is 18.0 Å². The van der Waals surface area contributed by atoms with Gasteiger partial charge < -0.3 is 9.26 Å². The molecule has 0 N–H and O–H groups in total. The van der Waals surface area contributed by atoms with Crippen LogP contribution in [-0.4, -0.2) is 23.3 Å². The van der Waals surface area contributed by atoms with Crippen molar-refractivity contribution in [2.24, 2.45) is 0 Å². The third-order valence-corrected chi connectivity index (χ3v) is 4.93. The van der Waals surface area contributed by atoms with Crippen molar-refractivity contribution in [3.63, 3.8) is 0 Å². The summed E-state index contributed by atoms with van der Waals surface area (Å²) in [5, 5.41) is 10.6. The summed E-state index contributed by atoms with van der Waals surface area (Å²) in [7, 11) is -3.77. The van der Waals surface area contributed by atoms with Crippen LogP contribution in [0.25, 0.3) is 0 Å². The van der Waals surface area contributed by atoms with Crippen LogP contribution in [0.5, 0.6) is 5.75 Å². The van der Waals surface area contributed by atoms with Crippen LogP contribution in [-0.2, 0) is 18.6 Å². The summed E-state index contributed by atoms with van der Waals surface area (Å²) in [4.78, 5) is 21.3. The van der Waals surface area contributed by atoms with Gasteiger partial charge in [-0.3, -0.25) is 19.4 Å². The molecule has 128 valence electrons. The van der Waals surface area contributed by atoms with Gasteiger partial charge in [0, 0.05) is 19.1 Å². The first-order valence-electron chi connectivity index (χ1n) is 7.18. The normalized spacial score (nSPS) is 14.6. The van der Waals surface area contributed by atoms with Gasteiger partial charge in [0.1, 0.15) is 5.75 Å². The van der Waals surface area contributed by atoms with Gasteiger partial charge in [0.05, 0.1) is 11.5 Å². The van der Waals surface area contributed by atoms with Gasteiger partial charge in [-0.1, -0.05) is 13.3 Å². The second-order valence-electron chi connectivity index (χ2n) is 4.65. The number of esters is 1. The fourth-order valence-corrected chi connectivity index (χ4v) is 3.81. The molecule has 0 radical (unpaired) electrons. The summed E-state index contributed by atoms with van der Waals surface area (Å²) in [6, 6.07) is 5.10. The molecule has 0 fully saturated rings. The molecule has 8 nitrogen and oxygen atoms in total. The van der Waals surface area contributed by atoms with Crippen LogP contribution in [0, 0.1) is 10.1 Å². The zero-order valence-corrected chi connectivity index (χ0v) is 14.2. The molecule has 1 aromatic carbocycles. The van der Waals surface area contributed by atoms with E-state index in [0.717, 1.165) is 0 Å². The fourth-order valence-electron chi connectivity index (χ4n) is 1.84. The van der Waals surface area contributed by atoms with Crippen LogP contribution < -0.4 is 4.52 Å². The number of ether oxygens (including phenoxy) is 1. The lowest BCUT2D eigenvalue weighted by Crippen LogP contribution is -2.21. The van der Waals surface area contributed by atoms with Crippen LogP contribution in [0.4, 0.5) is 5.69 Å². The molecule has 0 unspecified atom stereocenters. The second-order valence-corrected chi connectivity index (χ2v) is 6.75. The molecule has 23 heavy (non-hydrogen) atoms. The van der Waals surface area contributed by atoms with E-state index in [4.69, 9.17) is 13.8 Å². The Morgan fingerprint density at radius 1 is 1.30 bits per heavy atom. The first-order chi connectivity index (χ1) is 10.8. The SMILES string of the molecule is CCC[C@@H](OC(C)=O)[P@@](=O)(OCC)Oc1ccc([N+](=O)[O-])cc1. The van der Waals surface area contributed by atoms with Crippen molar-refractivity contribution < 1.29 is 28.1 Å². The van der Waals surface area contributed by atoms with Crippen LogP contribution in [0.2, 0.25) is 0 Å². The lowest BCUT2D eigenvalue weighted by molar-refractivity contribution is -0.384. The fraction of sp³-hybridized carbons (Fsp3) is 0.500. The monoisotopic (exact) mass is 345 g/mol. The number of rotatable bonds is 9. The topological polar surface area (TPSA) is 105 Å². The maximum absolute atomic E-state index is 13.0. The highest BCUT2D eigenvalue weighted by Gasteiger charge is 2.39. The molecule has 9 heteroatoms. The van der Waals surface area contributed by atoms with Crippen molar-refractivity contribution >= 4 is 19.3 Å². The smallest absolute Gasteiger partial charge is 0.419 e. The lowest BCUT2D eigenvalue weighted by Gasteiger charge is -2.26. The molecule has 0 saturated carbocycles. The molecule has 0 aliphatic carbocycles. The Labute approximate surface area is 134 Å². The molecule has 0 heterocycles. The summed E-state index contributed by atoms with van der Waals surface area (Å²) in [5.74, 6) is -1.48. The molecule has 2 atom stereocenters. The van der Waals surface area contributed by atoms with Crippen molar-refractivity contribution in [2.45, 2.75) is 39.5 Å². The standard InChI is InChI=1S/C14H20NO7P/c1-4-6-14(21-11(3)16)23(19,20-5-2)22-13-9-7-12(8-10-13)15(17)18/h7-10,14H,4-6H2,1-3H3/t14-,23+/m0/s1. The van der Waals surface area contributed by atoms with Crippen molar-refractivity contribution in [3.8, 4) is 5.75 Å². The Morgan fingerprint density at radius 2 is 1.91 bits per heavy atom. The molecular weight excluding hydrogens is 325 g/mol. The number of non-ortho nitro benzene ring substituents is 1. The zero-order valence-electron chi connectivity index (χ0n) is 13.3. The lowest BCUT2D eigenvalue weighted by atomic mass is 10.3. The average molecular weight is 345 g/mol. The van der Waals surface area contributed by atoms with Crippen molar-refractivity contribution in [1.29, 1.82) is 0 Å². The number of nitro benzene ring substituents is 1. The van der Waals surface area contributed by atoms with Gasteiger partial charge in [-0.2, -0.15) is 0 Å². The number of carbonyl (C=O) groups excluding carboxylic acids is 1. The van der Waals surface area contributed by atoms with Crippen molar-refractivity contribution in [2.75, 3.05) is 6.61 Å². The molecule has 0 spiro atoms. The van der Waals surface area contributed by atoms with Crippen molar-refractivity contribution in [1.82, 2.24) is 0 Å². The Hall–Kier alpha value is -1.92. The minimum Gasteiger partial charge on any atom is -0.448 e. The van der Waals surface area contributed by atoms with E-state index in [0.29, 0.717) is 12.8 Å². The van der Waals surface area contributed by atoms with Crippen LogP contribution in [0.1, 0.15) is 33.6 Å². The quantitative estimate of drug-likeness (QED) is 0.289. The van der Waals surface area contributed by atoms with E-state index in [1.54, 1.807) is 6.92 Å². The summed E-state index contributed by atoms with van der Waals surface area (Å²) in [5.41, 5.74) is -0.117. The minimum atomic E-state index is -3.77. The first-order valence-corrected chi connectivity index (χ1v) is 8.79. The number of carbonyl (C=O) groups is 1. The van der Waals surface area contributed by atoms with Gasteiger partial charge in [0.2, 0.25) is 5.85 Å². The number of nitrogens with zero attached hydrogens (tertiary/aromatic N) is 1. The molecule has 1 aromatic rings. The second kappa shape index (κ2) is 8.64. The van der Waals surface area contributed by atoms with Crippen LogP contribution >= 0.6 is 7.60 Å². The number of nitro groups is 1. The number of hydrogen-bond donors (Lipinski definition) is 0. The maximum atomic E-state index is 13.0. The predicted octanol–water partition coefficient (Wildman–Crippen LogP) is 3.89. The summed E-state index contributed by atoms with van der Waals surface area (Å²) in [6.45, 7) is 4.80. The Bertz CT molecular complexity index is 587. The van der Waals surface area contributed by atoms with Gasteiger partial charge >= 0.3 is 13.6 Å². The van der Waals surface area contributed by atoms with E-state index in [2.05, 4.69) is 0 Å². The summed E-state index contributed by atoms with van der Waals surface area (Å²) < 4.78 is 28.7. The Kier molecular flexibility index (Phi) is 7.19. The third-order valence-electron chi connectivity index (χ3n) is 2.78. The van der Waals surface area contributed by atoms with Gasteiger partial charge in [-0.15, -0.1) is 0 Å². The third kappa shape index (κ3) is 5.65. The molecule has 0 saturated heterocycles. The van der Waals surface area contributed by atoms with Gasteiger partial charge in [-0.05, 0) is 25.5 Å². The molecule has 0 aliphatic rings. The Balaban J connectivity index is 3.04. The van der Waals surface area contributed by atoms with E-state index in [1.165, 1.54) is 31.2 Å². The Morgan fingerprint density at radius 3 is 2.35 bits per heavy atom. The molecule has 1 rings (SSSR count). The number of benzene rings is 1. The molecular formula is C14H20NO7P. The zero-order chi connectivity index (χ0) is 17.5. The van der Waals surface area contributed by atoms with Gasteiger partial charge in [0.15, 0.2) is 0 Å². The van der Waals surface area contributed by atoms with E-state index in [1.807, 2.05) is 6.92 Å². The first kappa shape index (κ1) is 19.1. The predicted molar refractivity (Wildman–Crippen MR) is 83.4 cm³/mol. The minimum absolute atomic E-state index is 0.103.